The van der Waals surface area contributed by atoms with Crippen LogP contribution < -0.4 is 26.6 Å². The zero-order chi connectivity index (χ0) is 44.0. The Kier molecular flexibility index (Phi) is 17.4. The number of nitrogens with one attached hydrogen (secondary N) is 5. The van der Waals surface area contributed by atoms with Crippen LogP contribution in [0.5, 0.6) is 0 Å². The maximum atomic E-state index is 15.0. The van der Waals surface area contributed by atoms with Crippen LogP contribution >= 0.6 is 12.6 Å². The number of pyridine rings is 1. The molecular formula is C37H37F5N6O10S. The van der Waals surface area contributed by atoms with Crippen molar-refractivity contribution in [2.24, 2.45) is 0 Å². The first kappa shape index (κ1) is 46.9. The predicted octanol–water partition coefficient (Wildman–Crippen LogP) is 0.697. The molecule has 3 aromatic rings. The number of amides is 5. The average molecular weight is 853 g/mol. The number of hydrogen-bond acceptors (Lipinski definition) is 10. The number of carboxylic acid groups (broad SMARTS) is 2. The van der Waals surface area contributed by atoms with Crippen LogP contribution in [0, 0.1) is 29.1 Å². The third kappa shape index (κ3) is 13.9. The number of Topliss-reactive ketones (excluding diaryl/α,β-unsaturated/α-hetero) is 1. The minimum atomic E-state index is -2.55. The Morgan fingerprint density at radius 1 is 0.576 bits per heavy atom. The molecule has 3 rings (SSSR count). The molecule has 7 N–H and O–H groups in total. The van der Waals surface area contributed by atoms with E-state index in [1.54, 1.807) is 6.07 Å². The topological polar surface area (TPSA) is 250 Å². The molecule has 1 heterocycles. The first-order valence-electron chi connectivity index (χ1n) is 17.3. The highest BCUT2D eigenvalue weighted by atomic mass is 32.1. The van der Waals surface area contributed by atoms with E-state index in [1.165, 1.54) is 48.8 Å². The molecule has 0 saturated heterocycles. The van der Waals surface area contributed by atoms with Gasteiger partial charge in [-0.3, -0.25) is 43.3 Å². The number of carbonyl (C=O) groups is 8. The van der Waals surface area contributed by atoms with Gasteiger partial charge in [0.1, 0.15) is 24.2 Å². The molecule has 16 nitrogen and oxygen atoms in total. The largest absolute Gasteiger partial charge is 0.481 e. The Balaban J connectivity index is 2.06. The Hall–Kier alpha value is -6.45. The van der Waals surface area contributed by atoms with Gasteiger partial charge in [-0.1, -0.05) is 36.4 Å². The molecule has 0 radical (unpaired) electrons. The van der Waals surface area contributed by atoms with Gasteiger partial charge in [0.15, 0.2) is 29.1 Å². The maximum Gasteiger partial charge on any atom is 0.305 e. The van der Waals surface area contributed by atoms with Crippen molar-refractivity contribution in [3.63, 3.8) is 0 Å². The molecule has 2 aromatic carbocycles. The summed E-state index contributed by atoms with van der Waals surface area (Å²) >= 11 is 3.81. The Morgan fingerprint density at radius 2 is 1.00 bits per heavy atom. The second-order valence-corrected chi connectivity index (χ2v) is 13.1. The van der Waals surface area contributed by atoms with E-state index in [1.807, 2.05) is 5.32 Å². The van der Waals surface area contributed by atoms with Crippen molar-refractivity contribution in [1.82, 2.24) is 31.6 Å². The van der Waals surface area contributed by atoms with E-state index in [0.717, 1.165) is 6.92 Å². The Labute approximate surface area is 337 Å². The van der Waals surface area contributed by atoms with E-state index in [-0.39, 0.29) is 6.42 Å². The summed E-state index contributed by atoms with van der Waals surface area (Å²) in [6, 6.07) is 1.24. The van der Waals surface area contributed by atoms with Crippen molar-refractivity contribution in [1.29, 1.82) is 0 Å². The third-order valence-corrected chi connectivity index (χ3v) is 8.68. The van der Waals surface area contributed by atoms with Gasteiger partial charge in [0.25, 0.3) is 0 Å². The van der Waals surface area contributed by atoms with Crippen LogP contribution in [-0.4, -0.2) is 98.4 Å². The molecule has 5 amide bonds. The van der Waals surface area contributed by atoms with Gasteiger partial charge in [-0.25, -0.2) is 22.0 Å². The number of benzene rings is 2. The van der Waals surface area contributed by atoms with Crippen molar-refractivity contribution in [2.75, 3.05) is 5.75 Å². The van der Waals surface area contributed by atoms with E-state index < -0.39 is 144 Å². The third-order valence-electron chi connectivity index (χ3n) is 8.37. The van der Waals surface area contributed by atoms with E-state index in [4.69, 9.17) is 0 Å². The van der Waals surface area contributed by atoms with Crippen LogP contribution in [0.3, 0.4) is 0 Å². The number of aromatic nitrogens is 1. The fraction of sp³-hybridized carbons (Fsp3) is 0.324. The van der Waals surface area contributed by atoms with Gasteiger partial charge in [0.2, 0.25) is 35.4 Å². The molecule has 0 aliphatic carbocycles. The monoisotopic (exact) mass is 852 g/mol. The lowest BCUT2D eigenvalue weighted by molar-refractivity contribution is -0.142. The van der Waals surface area contributed by atoms with Gasteiger partial charge in [0.05, 0.1) is 24.6 Å². The number of nitrogens with zero attached hydrogens (tertiary/aromatic N) is 1. The lowest BCUT2D eigenvalue weighted by Crippen LogP contribution is -2.60. The summed E-state index contributed by atoms with van der Waals surface area (Å²) in [5.41, 5.74) is -0.862. The van der Waals surface area contributed by atoms with Crippen molar-refractivity contribution >= 4 is 59.9 Å². The smallest absolute Gasteiger partial charge is 0.305 e. The number of carbonyl (C=O) groups excluding carboxylic acids is 6. The summed E-state index contributed by atoms with van der Waals surface area (Å²) in [6.45, 7) is 1.06. The van der Waals surface area contributed by atoms with Crippen LogP contribution in [-0.2, 0) is 57.6 Å². The molecule has 22 heteroatoms. The van der Waals surface area contributed by atoms with Gasteiger partial charge in [-0.15, -0.1) is 0 Å². The Morgan fingerprint density at radius 3 is 1.49 bits per heavy atom. The lowest BCUT2D eigenvalue weighted by Gasteiger charge is -2.27. The fourth-order valence-corrected chi connectivity index (χ4v) is 5.73. The summed E-state index contributed by atoms with van der Waals surface area (Å²) in [6.07, 6.45) is -1.52. The quantitative estimate of drug-likeness (QED) is 0.0321. The van der Waals surface area contributed by atoms with Crippen LogP contribution in [0.25, 0.3) is 0 Å². The Bertz CT molecular complexity index is 2040. The first-order valence-corrected chi connectivity index (χ1v) is 17.9. The highest BCUT2D eigenvalue weighted by molar-refractivity contribution is 7.81. The predicted molar refractivity (Wildman–Crippen MR) is 197 cm³/mol. The molecule has 59 heavy (non-hydrogen) atoms. The second-order valence-electron chi connectivity index (χ2n) is 12.8. The number of thiol groups is 1. The number of aliphatic carboxylic acids is 2. The molecule has 316 valence electrons. The van der Waals surface area contributed by atoms with Gasteiger partial charge < -0.3 is 36.8 Å². The number of carboxylic acids is 2. The first-order chi connectivity index (χ1) is 27.8. The van der Waals surface area contributed by atoms with Gasteiger partial charge >= 0.3 is 11.9 Å². The molecule has 0 aliphatic heterocycles. The molecule has 0 bridgehead atoms. The van der Waals surface area contributed by atoms with E-state index >= 15 is 0 Å². The summed E-state index contributed by atoms with van der Waals surface area (Å²) < 4.78 is 72.5. The molecule has 0 saturated carbocycles. The highest BCUT2D eigenvalue weighted by Crippen LogP contribution is 2.24. The molecule has 0 aliphatic rings. The van der Waals surface area contributed by atoms with Crippen molar-refractivity contribution in [3.05, 3.63) is 101 Å². The minimum Gasteiger partial charge on any atom is -0.481 e. The van der Waals surface area contributed by atoms with E-state index in [9.17, 15) is 70.5 Å². The highest BCUT2D eigenvalue weighted by Gasteiger charge is 2.36. The molecule has 0 unspecified atom stereocenters. The summed E-state index contributed by atoms with van der Waals surface area (Å²) in [7, 11) is 0. The van der Waals surface area contributed by atoms with Crippen molar-refractivity contribution in [2.45, 2.75) is 69.2 Å². The SMILES string of the molecule is CC(=O)N[C@@H](Cc1cccnc1)C(=O)N[C@@H](CC(=O)O)C(=O)N[C@@H](Cc1c(F)c(F)c(F)c(F)c1F)C(=O)N[C@@H](Cc1ccccc1)C(=O)N[C@@H](CC(=O)O)C(=O)CS. The van der Waals surface area contributed by atoms with Gasteiger partial charge in [-0.05, 0) is 17.2 Å². The van der Waals surface area contributed by atoms with E-state index in [0.29, 0.717) is 11.1 Å². The minimum absolute atomic E-state index is 0.219. The molecule has 1 aromatic heterocycles. The molecule has 0 spiro atoms. The van der Waals surface area contributed by atoms with E-state index in [2.05, 4.69) is 38.9 Å². The van der Waals surface area contributed by atoms with Crippen molar-refractivity contribution < 1.29 is 70.5 Å². The maximum absolute atomic E-state index is 15.0. The number of ketones is 1. The number of hydrogen-bond donors (Lipinski definition) is 8. The van der Waals surface area contributed by atoms with Gasteiger partial charge in [0, 0.05) is 44.1 Å². The fourth-order valence-electron chi connectivity index (χ4n) is 5.51. The summed E-state index contributed by atoms with van der Waals surface area (Å²) in [4.78, 5) is 106. The number of rotatable bonds is 21. The van der Waals surface area contributed by atoms with Crippen LogP contribution in [0.2, 0.25) is 0 Å². The molecule has 0 fully saturated rings. The van der Waals surface area contributed by atoms with Crippen LogP contribution in [0.4, 0.5) is 22.0 Å². The zero-order valence-electron chi connectivity index (χ0n) is 30.8. The summed E-state index contributed by atoms with van der Waals surface area (Å²) in [5, 5.41) is 29.6. The number of halogens is 5. The van der Waals surface area contributed by atoms with Crippen LogP contribution in [0.15, 0.2) is 54.9 Å². The lowest BCUT2D eigenvalue weighted by atomic mass is 10.00. The summed E-state index contributed by atoms with van der Waals surface area (Å²) in [5.74, 6) is -22.9. The van der Waals surface area contributed by atoms with Crippen molar-refractivity contribution in [3.8, 4) is 0 Å². The van der Waals surface area contributed by atoms with Crippen LogP contribution in [0.1, 0.15) is 36.5 Å². The molecular weight excluding hydrogens is 815 g/mol. The zero-order valence-corrected chi connectivity index (χ0v) is 31.7. The second kappa shape index (κ2) is 21.9. The normalized spacial score (nSPS) is 13.4. The average Bonchev–Trinajstić information content (AvgIpc) is 3.19. The van der Waals surface area contributed by atoms with Gasteiger partial charge in [-0.2, -0.15) is 12.6 Å². The standard InChI is InChI=1S/C37H37F5N6O10S/c1-17(49)44-22(11-19-8-5-9-43-15-19)34(55)48-25(14-28(53)54)37(58)47-24(12-20-29(38)31(40)33(42)32(41)30(20)39)36(57)46-23(10-18-6-3-2-4-7-18)35(56)45-21(13-27(51)52)26(50)16-59/h2-9,15,21-25,59H,10-14,16H2,1H3,(H,44,49)(H,45,56)(H,46,57)(H,47,58)(H,48,55)(H,51,52)(H,53,54)/t21-,22-,23-,24-,25-/m0/s1. The molecule has 5 atom stereocenters.